The first-order chi connectivity index (χ1) is 14.6. The summed E-state index contributed by atoms with van der Waals surface area (Å²) in [6.07, 6.45) is 2.24. The highest BCUT2D eigenvalue weighted by Gasteiger charge is 2.32. The van der Waals surface area contributed by atoms with Crippen LogP contribution in [0.15, 0.2) is 35.2 Å². The van der Waals surface area contributed by atoms with E-state index in [-0.39, 0.29) is 16.4 Å². The lowest BCUT2D eigenvalue weighted by molar-refractivity contribution is -0.139. The van der Waals surface area contributed by atoms with Crippen LogP contribution in [0.1, 0.15) is 43.2 Å². The molecule has 1 saturated carbocycles. The van der Waals surface area contributed by atoms with Crippen LogP contribution < -0.4 is 10.1 Å². The third-order valence-corrected chi connectivity index (χ3v) is 7.54. The first kappa shape index (κ1) is 22.6. The molecule has 9 heteroatoms. The quantitative estimate of drug-likeness (QED) is 0.548. The van der Waals surface area contributed by atoms with Crippen LogP contribution in [0.25, 0.3) is 0 Å². The summed E-state index contributed by atoms with van der Waals surface area (Å²) in [6, 6.07) is 7.41. The van der Waals surface area contributed by atoms with Crippen LogP contribution in [0.5, 0.6) is 17.2 Å². The molecule has 2 aromatic carbocycles. The number of phenols is 1. The van der Waals surface area contributed by atoms with Crippen molar-refractivity contribution in [1.29, 1.82) is 0 Å². The van der Waals surface area contributed by atoms with E-state index in [0.29, 0.717) is 35.4 Å². The average molecular weight is 448 g/mol. The van der Waals surface area contributed by atoms with Crippen LogP contribution in [0, 0.1) is 13.8 Å². The number of aryl methyl sites for hydroxylation is 2. The van der Waals surface area contributed by atoms with Crippen molar-refractivity contribution in [2.75, 3.05) is 5.32 Å². The Morgan fingerprint density at radius 1 is 1.10 bits per heavy atom. The number of hydrogen-bond acceptors (Lipinski definition) is 6. The number of anilines is 1. The van der Waals surface area contributed by atoms with Crippen molar-refractivity contribution in [3.63, 3.8) is 0 Å². The fraction of sp³-hybridized carbons (Fsp3) is 0.364. The summed E-state index contributed by atoms with van der Waals surface area (Å²) >= 11 is 0. The van der Waals surface area contributed by atoms with E-state index in [9.17, 15) is 23.1 Å². The van der Waals surface area contributed by atoms with Gasteiger partial charge in [0.2, 0.25) is 5.91 Å². The van der Waals surface area contributed by atoms with Crippen molar-refractivity contribution in [3.05, 3.63) is 41.5 Å². The fourth-order valence-electron chi connectivity index (χ4n) is 3.81. The molecule has 0 unspecified atom stereocenters. The number of carboxylic acid groups (broad SMARTS) is 1. The number of benzene rings is 2. The van der Waals surface area contributed by atoms with Gasteiger partial charge in [0.25, 0.3) is 0 Å². The molecule has 0 atom stereocenters. The molecule has 0 radical (unpaired) electrons. The zero-order chi connectivity index (χ0) is 22.8. The zero-order valence-electron chi connectivity index (χ0n) is 17.3. The lowest BCUT2D eigenvalue weighted by atomic mass is 10.1. The number of phenolic OH excluding ortho intramolecular Hbond substituents is 1. The lowest BCUT2D eigenvalue weighted by Crippen LogP contribution is -2.18. The van der Waals surface area contributed by atoms with Gasteiger partial charge in [-0.15, -0.1) is 0 Å². The predicted molar refractivity (Wildman–Crippen MR) is 114 cm³/mol. The summed E-state index contributed by atoms with van der Waals surface area (Å²) < 4.78 is 31.8. The van der Waals surface area contributed by atoms with Gasteiger partial charge in [-0.05, 0) is 62.1 Å². The number of nitrogens with one attached hydrogen (secondary N) is 1. The Labute approximate surface area is 180 Å². The minimum atomic E-state index is -3.66. The molecule has 1 aliphatic rings. The van der Waals surface area contributed by atoms with Crippen molar-refractivity contribution < 1.29 is 33.0 Å². The van der Waals surface area contributed by atoms with E-state index in [2.05, 4.69) is 5.32 Å². The van der Waals surface area contributed by atoms with Crippen LogP contribution in [0.3, 0.4) is 0 Å². The smallest absolute Gasteiger partial charge is 0.312 e. The maximum Gasteiger partial charge on any atom is 0.312 e. The number of amides is 1. The van der Waals surface area contributed by atoms with Gasteiger partial charge in [-0.3, -0.25) is 9.59 Å². The Bertz CT molecular complexity index is 1100. The number of rotatable bonds is 7. The first-order valence-electron chi connectivity index (χ1n) is 9.95. The topological polar surface area (TPSA) is 130 Å². The molecule has 0 saturated heterocycles. The van der Waals surface area contributed by atoms with Crippen LogP contribution >= 0.6 is 0 Å². The Hall–Kier alpha value is -3.07. The van der Waals surface area contributed by atoms with E-state index in [0.717, 1.165) is 12.8 Å². The van der Waals surface area contributed by atoms with Gasteiger partial charge in [0, 0.05) is 11.8 Å². The number of ether oxygens (including phenoxy) is 1. The number of hydrogen-bond donors (Lipinski definition) is 3. The van der Waals surface area contributed by atoms with Crippen molar-refractivity contribution in [1.82, 2.24) is 0 Å². The summed E-state index contributed by atoms with van der Waals surface area (Å²) in [4.78, 5) is 22.2. The van der Waals surface area contributed by atoms with Gasteiger partial charge in [0.15, 0.2) is 9.84 Å². The first-order valence-corrected chi connectivity index (χ1v) is 11.5. The summed E-state index contributed by atoms with van der Waals surface area (Å²) in [5.74, 6) is -1.42. The van der Waals surface area contributed by atoms with E-state index in [1.54, 1.807) is 26.0 Å². The molecule has 1 amide bonds. The van der Waals surface area contributed by atoms with Gasteiger partial charge in [0.1, 0.15) is 28.6 Å². The second kappa shape index (κ2) is 8.97. The standard InChI is InChI=1S/C22H25NO7S/c1-13-9-15(23-20(25)12-21(26)27)10-14(2)22(13)30-16-7-8-18(24)19(11-16)31(28,29)17-5-3-4-6-17/h7-11,17,24H,3-6,12H2,1-2H3,(H,23,25)(H,26,27). The number of aromatic hydroxyl groups is 1. The Morgan fingerprint density at radius 2 is 1.71 bits per heavy atom. The highest BCUT2D eigenvalue weighted by atomic mass is 32.2. The molecule has 0 spiro atoms. The van der Waals surface area contributed by atoms with Crippen LogP contribution in [-0.2, 0) is 19.4 Å². The van der Waals surface area contributed by atoms with Crippen LogP contribution in [0.2, 0.25) is 0 Å². The fourth-order valence-corrected chi connectivity index (χ4v) is 5.76. The average Bonchev–Trinajstić information content (AvgIpc) is 3.20. The van der Waals surface area contributed by atoms with Crippen LogP contribution in [-0.4, -0.2) is 35.8 Å². The molecular formula is C22H25NO7S. The van der Waals surface area contributed by atoms with Gasteiger partial charge in [0.05, 0.1) is 5.25 Å². The molecule has 166 valence electrons. The monoisotopic (exact) mass is 447 g/mol. The number of aliphatic carboxylic acids is 1. The Morgan fingerprint density at radius 3 is 2.29 bits per heavy atom. The highest BCUT2D eigenvalue weighted by molar-refractivity contribution is 7.92. The second-order valence-electron chi connectivity index (χ2n) is 7.74. The van der Waals surface area contributed by atoms with Gasteiger partial charge < -0.3 is 20.3 Å². The normalized spacial score (nSPS) is 14.4. The molecule has 1 fully saturated rings. The van der Waals surface area contributed by atoms with E-state index in [1.165, 1.54) is 18.2 Å². The molecule has 3 N–H and O–H groups in total. The molecule has 3 rings (SSSR count). The Kier molecular flexibility index (Phi) is 6.54. The second-order valence-corrected chi connectivity index (χ2v) is 9.94. The lowest BCUT2D eigenvalue weighted by Gasteiger charge is -2.16. The van der Waals surface area contributed by atoms with Gasteiger partial charge >= 0.3 is 5.97 Å². The minimum absolute atomic E-state index is 0.134. The summed E-state index contributed by atoms with van der Waals surface area (Å²) in [6.45, 7) is 3.51. The van der Waals surface area contributed by atoms with Gasteiger partial charge in [-0.1, -0.05) is 12.8 Å². The Balaban J connectivity index is 1.86. The molecular weight excluding hydrogens is 422 g/mol. The van der Waals surface area contributed by atoms with Crippen LogP contribution in [0.4, 0.5) is 5.69 Å². The summed E-state index contributed by atoms with van der Waals surface area (Å²) in [5.41, 5.74) is 1.77. The van der Waals surface area contributed by atoms with Crippen molar-refractivity contribution in [2.45, 2.75) is 56.1 Å². The van der Waals surface area contributed by atoms with E-state index < -0.39 is 33.4 Å². The third-order valence-electron chi connectivity index (χ3n) is 5.25. The predicted octanol–water partition coefficient (Wildman–Crippen LogP) is 3.93. The molecule has 0 heterocycles. The van der Waals surface area contributed by atoms with Crippen molar-refractivity contribution >= 4 is 27.4 Å². The minimum Gasteiger partial charge on any atom is -0.507 e. The van der Waals surface area contributed by atoms with Crippen molar-refractivity contribution in [3.8, 4) is 17.2 Å². The van der Waals surface area contributed by atoms with Crippen molar-refractivity contribution in [2.24, 2.45) is 0 Å². The summed E-state index contributed by atoms with van der Waals surface area (Å²) in [7, 11) is -3.66. The molecule has 2 aromatic rings. The molecule has 0 bridgehead atoms. The van der Waals surface area contributed by atoms with E-state index in [1.807, 2.05) is 0 Å². The molecule has 31 heavy (non-hydrogen) atoms. The van der Waals surface area contributed by atoms with E-state index in [4.69, 9.17) is 9.84 Å². The zero-order valence-corrected chi connectivity index (χ0v) is 18.2. The molecule has 0 aliphatic heterocycles. The van der Waals surface area contributed by atoms with Gasteiger partial charge in [-0.2, -0.15) is 0 Å². The maximum atomic E-state index is 12.9. The maximum absolute atomic E-state index is 12.9. The SMILES string of the molecule is Cc1cc(NC(=O)CC(=O)O)cc(C)c1Oc1ccc(O)c(S(=O)(=O)C2CCCC2)c1. The number of carbonyl (C=O) groups excluding carboxylic acids is 1. The number of carboxylic acids is 1. The number of sulfone groups is 1. The molecule has 8 nitrogen and oxygen atoms in total. The third kappa shape index (κ3) is 5.16. The molecule has 1 aliphatic carbocycles. The molecule has 0 aromatic heterocycles. The highest BCUT2D eigenvalue weighted by Crippen LogP contribution is 2.38. The number of carbonyl (C=O) groups is 2. The summed E-state index contributed by atoms with van der Waals surface area (Å²) in [5, 5.41) is 20.9. The van der Waals surface area contributed by atoms with Gasteiger partial charge in [-0.25, -0.2) is 8.42 Å². The largest absolute Gasteiger partial charge is 0.507 e. The van der Waals surface area contributed by atoms with E-state index >= 15 is 0 Å².